The molecule has 0 aliphatic rings. The maximum atomic E-state index is 9.64. The molecular formula is C11H17NO3. The van der Waals surface area contributed by atoms with Crippen LogP contribution in [0.2, 0.25) is 0 Å². The highest BCUT2D eigenvalue weighted by atomic mass is 16.5. The average molecular weight is 211 g/mol. The molecule has 0 heterocycles. The van der Waals surface area contributed by atoms with Crippen LogP contribution in [-0.4, -0.2) is 30.5 Å². The van der Waals surface area contributed by atoms with Gasteiger partial charge < -0.3 is 20.3 Å². The zero-order valence-electron chi connectivity index (χ0n) is 9.03. The molecule has 3 N–H and O–H groups in total. The zero-order chi connectivity index (χ0) is 11.3. The molecule has 0 saturated heterocycles. The number of rotatable bonds is 5. The lowest BCUT2D eigenvalue weighted by Crippen LogP contribution is -2.22. The van der Waals surface area contributed by atoms with Gasteiger partial charge in [-0.15, -0.1) is 0 Å². The van der Waals surface area contributed by atoms with E-state index in [0.29, 0.717) is 12.3 Å². The molecule has 0 radical (unpaired) electrons. The third-order valence-corrected chi connectivity index (χ3v) is 2.26. The molecule has 0 bridgehead atoms. The average Bonchev–Trinajstić information content (AvgIpc) is 2.26. The van der Waals surface area contributed by atoms with E-state index in [1.54, 1.807) is 25.3 Å². The molecule has 15 heavy (non-hydrogen) atoms. The number of nitrogens with one attached hydrogen (secondary N) is 1. The highest BCUT2D eigenvalue weighted by Crippen LogP contribution is 2.27. The van der Waals surface area contributed by atoms with Crippen molar-refractivity contribution in [3.8, 4) is 11.5 Å². The standard InChI is InChI=1S/C11H17NO3/c1-8(12-5-6-13)10-7-9(15-2)3-4-11(10)14/h3-4,7-8,12-14H,5-6H2,1-2H3. The van der Waals surface area contributed by atoms with Crippen molar-refractivity contribution in [2.45, 2.75) is 13.0 Å². The molecule has 4 heteroatoms. The monoisotopic (exact) mass is 211 g/mol. The van der Waals surface area contributed by atoms with Gasteiger partial charge in [0.2, 0.25) is 0 Å². The van der Waals surface area contributed by atoms with E-state index in [-0.39, 0.29) is 18.4 Å². The highest BCUT2D eigenvalue weighted by molar-refractivity contribution is 5.41. The van der Waals surface area contributed by atoms with Gasteiger partial charge in [0.25, 0.3) is 0 Å². The van der Waals surface area contributed by atoms with E-state index in [4.69, 9.17) is 9.84 Å². The van der Waals surface area contributed by atoms with Gasteiger partial charge in [-0.1, -0.05) is 0 Å². The SMILES string of the molecule is COc1ccc(O)c(C(C)NCCO)c1. The van der Waals surface area contributed by atoms with Crippen molar-refractivity contribution in [2.24, 2.45) is 0 Å². The van der Waals surface area contributed by atoms with Crippen LogP contribution in [0.1, 0.15) is 18.5 Å². The number of hydrogen-bond donors (Lipinski definition) is 3. The molecule has 0 aliphatic heterocycles. The fourth-order valence-electron chi connectivity index (χ4n) is 1.40. The molecule has 1 unspecified atom stereocenters. The minimum Gasteiger partial charge on any atom is -0.508 e. The van der Waals surface area contributed by atoms with Gasteiger partial charge in [-0.25, -0.2) is 0 Å². The Labute approximate surface area is 89.5 Å². The van der Waals surface area contributed by atoms with Crippen LogP contribution >= 0.6 is 0 Å². The number of hydrogen-bond acceptors (Lipinski definition) is 4. The zero-order valence-corrected chi connectivity index (χ0v) is 9.03. The summed E-state index contributed by atoms with van der Waals surface area (Å²) >= 11 is 0. The van der Waals surface area contributed by atoms with Crippen molar-refractivity contribution in [3.05, 3.63) is 23.8 Å². The molecule has 0 aliphatic carbocycles. The van der Waals surface area contributed by atoms with Crippen LogP contribution in [0.4, 0.5) is 0 Å². The summed E-state index contributed by atoms with van der Waals surface area (Å²) in [4.78, 5) is 0. The van der Waals surface area contributed by atoms with Crippen LogP contribution in [0.25, 0.3) is 0 Å². The fraction of sp³-hybridized carbons (Fsp3) is 0.455. The summed E-state index contributed by atoms with van der Waals surface area (Å²) in [5, 5.41) is 21.4. The Hall–Kier alpha value is -1.26. The maximum absolute atomic E-state index is 9.64. The molecular weight excluding hydrogens is 194 g/mol. The van der Waals surface area contributed by atoms with Crippen molar-refractivity contribution >= 4 is 0 Å². The summed E-state index contributed by atoms with van der Waals surface area (Å²) in [6.45, 7) is 2.50. The van der Waals surface area contributed by atoms with Crippen LogP contribution in [0, 0.1) is 0 Å². The Balaban J connectivity index is 2.81. The van der Waals surface area contributed by atoms with Gasteiger partial charge in [0.05, 0.1) is 13.7 Å². The number of benzene rings is 1. The Kier molecular flexibility index (Phi) is 4.39. The number of phenols is 1. The molecule has 84 valence electrons. The lowest BCUT2D eigenvalue weighted by Gasteiger charge is -2.15. The second kappa shape index (κ2) is 5.58. The Morgan fingerprint density at radius 1 is 1.47 bits per heavy atom. The molecule has 0 fully saturated rings. The molecule has 0 amide bonds. The topological polar surface area (TPSA) is 61.7 Å². The number of aliphatic hydroxyl groups is 1. The lowest BCUT2D eigenvalue weighted by molar-refractivity contribution is 0.285. The molecule has 0 spiro atoms. The van der Waals surface area contributed by atoms with Crippen molar-refractivity contribution in [1.82, 2.24) is 5.32 Å². The maximum Gasteiger partial charge on any atom is 0.120 e. The van der Waals surface area contributed by atoms with Gasteiger partial charge in [-0.2, -0.15) is 0 Å². The van der Waals surface area contributed by atoms with Crippen molar-refractivity contribution in [1.29, 1.82) is 0 Å². The smallest absolute Gasteiger partial charge is 0.120 e. The van der Waals surface area contributed by atoms with Crippen molar-refractivity contribution in [2.75, 3.05) is 20.3 Å². The van der Waals surface area contributed by atoms with Gasteiger partial charge in [0.1, 0.15) is 11.5 Å². The first kappa shape index (κ1) is 11.8. The third-order valence-electron chi connectivity index (χ3n) is 2.26. The minimum absolute atomic E-state index is 0.0211. The molecule has 1 atom stereocenters. The third kappa shape index (κ3) is 3.11. The number of methoxy groups -OCH3 is 1. The van der Waals surface area contributed by atoms with Crippen LogP contribution in [0.3, 0.4) is 0 Å². The van der Waals surface area contributed by atoms with Crippen molar-refractivity contribution < 1.29 is 14.9 Å². The number of phenolic OH excluding ortho intramolecular Hbond substituents is 1. The summed E-state index contributed by atoms with van der Waals surface area (Å²) in [5.74, 6) is 0.939. The summed E-state index contributed by atoms with van der Waals surface area (Å²) in [5.41, 5.74) is 0.766. The molecule has 0 saturated carbocycles. The second-order valence-electron chi connectivity index (χ2n) is 3.32. The van der Waals surface area contributed by atoms with E-state index in [2.05, 4.69) is 5.32 Å². The van der Waals surface area contributed by atoms with E-state index in [9.17, 15) is 5.11 Å². The predicted molar refractivity (Wildman–Crippen MR) is 58.2 cm³/mol. The summed E-state index contributed by atoms with van der Waals surface area (Å²) in [6.07, 6.45) is 0. The Bertz CT molecular complexity index is 315. The van der Waals surface area contributed by atoms with E-state index in [1.807, 2.05) is 6.92 Å². The highest BCUT2D eigenvalue weighted by Gasteiger charge is 2.10. The first-order valence-electron chi connectivity index (χ1n) is 4.90. The number of aliphatic hydroxyl groups excluding tert-OH is 1. The molecule has 1 aromatic rings. The molecule has 1 rings (SSSR count). The van der Waals surface area contributed by atoms with Crippen molar-refractivity contribution in [3.63, 3.8) is 0 Å². The van der Waals surface area contributed by atoms with Crippen LogP contribution in [0.5, 0.6) is 11.5 Å². The van der Waals surface area contributed by atoms with Gasteiger partial charge >= 0.3 is 0 Å². The van der Waals surface area contributed by atoms with Gasteiger partial charge in [-0.05, 0) is 25.1 Å². The largest absolute Gasteiger partial charge is 0.508 e. The predicted octanol–water partition coefficient (Wildman–Crippen LogP) is 1.04. The van der Waals surface area contributed by atoms with E-state index in [0.717, 1.165) is 5.56 Å². The van der Waals surface area contributed by atoms with Gasteiger partial charge in [0, 0.05) is 18.2 Å². The lowest BCUT2D eigenvalue weighted by atomic mass is 10.1. The molecule has 4 nitrogen and oxygen atoms in total. The Morgan fingerprint density at radius 3 is 2.80 bits per heavy atom. The molecule has 0 aromatic heterocycles. The summed E-state index contributed by atoms with van der Waals surface area (Å²) in [7, 11) is 1.59. The van der Waals surface area contributed by atoms with Gasteiger partial charge in [0.15, 0.2) is 0 Å². The quantitative estimate of drug-likeness (QED) is 0.681. The van der Waals surface area contributed by atoms with Crippen LogP contribution in [0.15, 0.2) is 18.2 Å². The van der Waals surface area contributed by atoms with E-state index in [1.165, 1.54) is 0 Å². The Morgan fingerprint density at radius 2 is 2.20 bits per heavy atom. The second-order valence-corrected chi connectivity index (χ2v) is 3.32. The van der Waals surface area contributed by atoms with E-state index < -0.39 is 0 Å². The first-order chi connectivity index (χ1) is 7.19. The number of ether oxygens (including phenoxy) is 1. The number of aromatic hydroxyl groups is 1. The minimum atomic E-state index is -0.0211. The summed E-state index contributed by atoms with van der Waals surface area (Å²) in [6, 6.07) is 5.07. The fourth-order valence-corrected chi connectivity index (χ4v) is 1.40. The molecule has 1 aromatic carbocycles. The normalized spacial score (nSPS) is 12.5. The summed E-state index contributed by atoms with van der Waals surface area (Å²) < 4.78 is 5.08. The first-order valence-corrected chi connectivity index (χ1v) is 4.90. The van der Waals surface area contributed by atoms with Crippen LogP contribution in [-0.2, 0) is 0 Å². The van der Waals surface area contributed by atoms with E-state index >= 15 is 0 Å². The van der Waals surface area contributed by atoms with Gasteiger partial charge in [-0.3, -0.25) is 0 Å². The van der Waals surface area contributed by atoms with Crippen LogP contribution < -0.4 is 10.1 Å².